The van der Waals surface area contributed by atoms with Crippen molar-refractivity contribution in [2.24, 2.45) is 0 Å². The molecule has 4 heteroatoms. The first kappa shape index (κ1) is 9.81. The van der Waals surface area contributed by atoms with Crippen LogP contribution in [-0.2, 0) is 6.42 Å². The van der Waals surface area contributed by atoms with Gasteiger partial charge in [0.05, 0.1) is 7.11 Å². The SMILES string of the molecule is CCCCc1c(OC)nsc1Cl. The first-order valence-electron chi connectivity index (χ1n) is 3.97. The molecule has 0 aliphatic rings. The van der Waals surface area contributed by atoms with Gasteiger partial charge in [0.1, 0.15) is 4.34 Å². The van der Waals surface area contributed by atoms with Gasteiger partial charge in [-0.3, -0.25) is 0 Å². The molecular formula is C8H12ClNOS. The van der Waals surface area contributed by atoms with Gasteiger partial charge in [-0.05, 0) is 24.4 Å². The van der Waals surface area contributed by atoms with E-state index in [-0.39, 0.29) is 0 Å². The van der Waals surface area contributed by atoms with E-state index in [0.29, 0.717) is 5.88 Å². The molecule has 0 aliphatic heterocycles. The highest BCUT2D eigenvalue weighted by Crippen LogP contribution is 2.30. The largest absolute Gasteiger partial charge is 0.480 e. The molecule has 0 atom stereocenters. The Labute approximate surface area is 81.7 Å². The van der Waals surface area contributed by atoms with E-state index in [1.165, 1.54) is 11.5 Å². The van der Waals surface area contributed by atoms with Crippen LogP contribution < -0.4 is 4.74 Å². The fourth-order valence-electron chi connectivity index (χ4n) is 0.995. The average Bonchev–Trinajstić information content (AvgIpc) is 2.43. The van der Waals surface area contributed by atoms with Gasteiger partial charge in [0.15, 0.2) is 0 Å². The first-order valence-corrected chi connectivity index (χ1v) is 5.12. The maximum Gasteiger partial charge on any atom is 0.229 e. The Kier molecular flexibility index (Phi) is 3.82. The lowest BCUT2D eigenvalue weighted by Crippen LogP contribution is -1.89. The van der Waals surface area contributed by atoms with Crippen LogP contribution in [0.3, 0.4) is 0 Å². The van der Waals surface area contributed by atoms with Gasteiger partial charge in [-0.2, -0.15) is 4.37 Å². The number of methoxy groups -OCH3 is 1. The lowest BCUT2D eigenvalue weighted by molar-refractivity contribution is 0.397. The lowest BCUT2D eigenvalue weighted by atomic mass is 10.2. The predicted molar refractivity (Wildman–Crippen MR) is 52.3 cm³/mol. The van der Waals surface area contributed by atoms with Crippen LogP contribution in [0.1, 0.15) is 25.3 Å². The zero-order chi connectivity index (χ0) is 8.97. The van der Waals surface area contributed by atoms with E-state index in [9.17, 15) is 0 Å². The van der Waals surface area contributed by atoms with Crippen LogP contribution in [0, 0.1) is 0 Å². The molecule has 0 radical (unpaired) electrons. The molecule has 1 aromatic heterocycles. The molecule has 0 saturated carbocycles. The third kappa shape index (κ3) is 2.11. The zero-order valence-electron chi connectivity index (χ0n) is 7.26. The number of halogens is 1. The number of aromatic nitrogens is 1. The summed E-state index contributed by atoms with van der Waals surface area (Å²) in [5.41, 5.74) is 1.06. The van der Waals surface area contributed by atoms with E-state index in [1.54, 1.807) is 7.11 Å². The molecule has 0 saturated heterocycles. The molecule has 0 aromatic carbocycles. The van der Waals surface area contributed by atoms with Gasteiger partial charge in [-0.1, -0.05) is 24.9 Å². The summed E-state index contributed by atoms with van der Waals surface area (Å²) >= 11 is 7.23. The molecule has 0 bridgehead atoms. The summed E-state index contributed by atoms with van der Waals surface area (Å²) in [6.07, 6.45) is 3.26. The average molecular weight is 206 g/mol. The fourth-order valence-corrected chi connectivity index (χ4v) is 1.92. The third-order valence-corrected chi connectivity index (χ3v) is 2.78. The van der Waals surface area contributed by atoms with E-state index in [1.807, 2.05) is 0 Å². The molecule has 0 N–H and O–H groups in total. The van der Waals surface area contributed by atoms with Gasteiger partial charge in [0, 0.05) is 5.56 Å². The van der Waals surface area contributed by atoms with Crippen molar-refractivity contribution in [3.05, 3.63) is 9.90 Å². The Morgan fingerprint density at radius 2 is 2.33 bits per heavy atom. The smallest absolute Gasteiger partial charge is 0.229 e. The fraction of sp³-hybridized carbons (Fsp3) is 0.625. The molecule has 0 spiro atoms. The summed E-state index contributed by atoms with van der Waals surface area (Å²) in [4.78, 5) is 0. The van der Waals surface area contributed by atoms with Crippen molar-refractivity contribution in [1.82, 2.24) is 4.37 Å². The van der Waals surface area contributed by atoms with Gasteiger partial charge < -0.3 is 4.74 Å². The molecule has 68 valence electrons. The molecule has 12 heavy (non-hydrogen) atoms. The Morgan fingerprint density at radius 1 is 1.58 bits per heavy atom. The normalized spacial score (nSPS) is 10.2. The van der Waals surface area contributed by atoms with E-state index >= 15 is 0 Å². The maximum atomic E-state index is 5.94. The summed E-state index contributed by atoms with van der Waals surface area (Å²) < 4.78 is 9.92. The third-order valence-electron chi connectivity index (χ3n) is 1.68. The second-order valence-corrected chi connectivity index (χ2v) is 3.92. The van der Waals surface area contributed by atoms with Crippen LogP contribution in [-0.4, -0.2) is 11.5 Å². The standard InChI is InChI=1S/C8H12ClNOS/c1-3-4-5-6-7(9)12-10-8(6)11-2/h3-5H2,1-2H3. The van der Waals surface area contributed by atoms with Crippen molar-refractivity contribution in [3.63, 3.8) is 0 Å². The van der Waals surface area contributed by atoms with Crippen molar-refractivity contribution >= 4 is 23.1 Å². The highest BCUT2D eigenvalue weighted by atomic mass is 35.5. The van der Waals surface area contributed by atoms with Crippen molar-refractivity contribution in [3.8, 4) is 5.88 Å². The Bertz CT molecular complexity index is 249. The van der Waals surface area contributed by atoms with Gasteiger partial charge in [0.25, 0.3) is 0 Å². The number of hydrogen-bond acceptors (Lipinski definition) is 3. The summed E-state index contributed by atoms with van der Waals surface area (Å²) in [6.45, 7) is 2.15. The molecule has 0 fully saturated rings. The van der Waals surface area contributed by atoms with Crippen LogP contribution in [0.2, 0.25) is 4.34 Å². The molecule has 0 aliphatic carbocycles. The molecule has 2 nitrogen and oxygen atoms in total. The van der Waals surface area contributed by atoms with Crippen molar-refractivity contribution in [1.29, 1.82) is 0 Å². The number of nitrogens with zero attached hydrogens (tertiary/aromatic N) is 1. The Balaban J connectivity index is 2.72. The van der Waals surface area contributed by atoms with Crippen molar-refractivity contribution in [2.75, 3.05) is 7.11 Å². The summed E-state index contributed by atoms with van der Waals surface area (Å²) in [6, 6.07) is 0. The molecule has 1 rings (SSSR count). The zero-order valence-corrected chi connectivity index (χ0v) is 8.84. The first-order chi connectivity index (χ1) is 5.79. The second kappa shape index (κ2) is 4.67. The minimum absolute atomic E-state index is 0.693. The minimum Gasteiger partial charge on any atom is -0.480 e. The van der Waals surface area contributed by atoms with Crippen LogP contribution in [0.5, 0.6) is 5.88 Å². The Hall–Kier alpha value is -0.280. The van der Waals surface area contributed by atoms with E-state index < -0.39 is 0 Å². The van der Waals surface area contributed by atoms with Gasteiger partial charge in [0.2, 0.25) is 5.88 Å². The summed E-state index contributed by atoms with van der Waals surface area (Å²) in [5.74, 6) is 0.693. The molecule has 0 amide bonds. The second-order valence-electron chi connectivity index (χ2n) is 2.55. The predicted octanol–water partition coefficient (Wildman–Crippen LogP) is 3.15. The van der Waals surface area contributed by atoms with Crippen molar-refractivity contribution in [2.45, 2.75) is 26.2 Å². The molecular weight excluding hydrogens is 194 g/mol. The number of unbranched alkanes of at least 4 members (excludes halogenated alkanes) is 1. The summed E-state index contributed by atoms with van der Waals surface area (Å²) in [5, 5.41) is 0. The van der Waals surface area contributed by atoms with Crippen LogP contribution in [0.25, 0.3) is 0 Å². The van der Waals surface area contributed by atoms with Gasteiger partial charge in [-0.15, -0.1) is 0 Å². The van der Waals surface area contributed by atoms with Crippen LogP contribution in [0.4, 0.5) is 0 Å². The summed E-state index contributed by atoms with van der Waals surface area (Å²) in [7, 11) is 1.63. The highest BCUT2D eigenvalue weighted by Gasteiger charge is 2.11. The topological polar surface area (TPSA) is 22.1 Å². The van der Waals surface area contributed by atoms with E-state index in [4.69, 9.17) is 16.3 Å². The monoisotopic (exact) mass is 205 g/mol. The molecule has 1 aromatic rings. The van der Waals surface area contributed by atoms with E-state index in [2.05, 4.69) is 11.3 Å². The molecule has 0 unspecified atom stereocenters. The highest BCUT2D eigenvalue weighted by molar-refractivity contribution is 7.11. The van der Waals surface area contributed by atoms with Gasteiger partial charge in [-0.25, -0.2) is 0 Å². The van der Waals surface area contributed by atoms with E-state index in [0.717, 1.165) is 29.2 Å². The minimum atomic E-state index is 0.693. The van der Waals surface area contributed by atoms with Crippen molar-refractivity contribution < 1.29 is 4.74 Å². The maximum absolute atomic E-state index is 5.94. The number of hydrogen-bond donors (Lipinski definition) is 0. The number of ether oxygens (including phenoxy) is 1. The quantitative estimate of drug-likeness (QED) is 0.754. The number of rotatable bonds is 4. The Morgan fingerprint density at radius 3 is 2.92 bits per heavy atom. The van der Waals surface area contributed by atoms with Gasteiger partial charge >= 0.3 is 0 Å². The lowest BCUT2D eigenvalue weighted by Gasteiger charge is -1.99. The van der Waals surface area contributed by atoms with Crippen LogP contribution >= 0.6 is 23.1 Å². The molecule has 1 heterocycles. The van der Waals surface area contributed by atoms with Crippen LogP contribution in [0.15, 0.2) is 0 Å².